The molecule has 7 heteroatoms. The van der Waals surface area contributed by atoms with Gasteiger partial charge in [-0.25, -0.2) is 4.39 Å². The Bertz CT molecular complexity index is 600. The zero-order valence-corrected chi connectivity index (χ0v) is 12.3. The maximum absolute atomic E-state index is 13.4. The lowest BCUT2D eigenvalue weighted by atomic mass is 10.2. The lowest BCUT2D eigenvalue weighted by molar-refractivity contribution is 0.416. The van der Waals surface area contributed by atoms with E-state index in [4.69, 9.17) is 33.7 Å². The van der Waals surface area contributed by atoms with Gasteiger partial charge < -0.3 is 10.5 Å². The van der Waals surface area contributed by atoms with E-state index in [0.29, 0.717) is 15.6 Å². The van der Waals surface area contributed by atoms with Crippen LogP contribution in [0.1, 0.15) is 5.56 Å². The molecule has 0 atom stereocenters. The molecule has 2 aromatic carbocycles. The number of ether oxygens (including phenoxy) is 1. The van der Waals surface area contributed by atoms with Gasteiger partial charge in [-0.05, 0) is 24.3 Å². The van der Waals surface area contributed by atoms with Crippen molar-refractivity contribution < 1.29 is 13.5 Å². The summed E-state index contributed by atoms with van der Waals surface area (Å²) in [6.45, 7) is 0.173. The van der Waals surface area contributed by atoms with Gasteiger partial charge in [0.25, 0.3) is 0 Å². The molecule has 20 heavy (non-hydrogen) atoms. The molecule has 2 N–H and O–H groups in total. The van der Waals surface area contributed by atoms with Crippen molar-refractivity contribution in [2.24, 2.45) is 5.73 Å². The predicted molar refractivity (Wildman–Crippen MR) is 78.0 cm³/mol. The van der Waals surface area contributed by atoms with Crippen molar-refractivity contribution in [3.8, 4) is 11.5 Å². The van der Waals surface area contributed by atoms with Crippen LogP contribution in [-0.2, 0) is 6.54 Å². The fraction of sp³-hybridized carbons (Fsp3) is 0.0769. The van der Waals surface area contributed by atoms with Crippen molar-refractivity contribution in [2.45, 2.75) is 6.54 Å². The van der Waals surface area contributed by atoms with E-state index in [-0.39, 0.29) is 30.5 Å². The van der Waals surface area contributed by atoms with Crippen molar-refractivity contribution >= 4 is 35.6 Å². The van der Waals surface area contributed by atoms with Crippen LogP contribution in [0.3, 0.4) is 0 Å². The van der Waals surface area contributed by atoms with Crippen molar-refractivity contribution in [1.29, 1.82) is 0 Å². The van der Waals surface area contributed by atoms with E-state index in [1.807, 2.05) is 0 Å². The molecule has 0 spiro atoms. The summed E-state index contributed by atoms with van der Waals surface area (Å²) in [5, 5.41) is 0.614. The van der Waals surface area contributed by atoms with Gasteiger partial charge in [-0.1, -0.05) is 29.3 Å². The van der Waals surface area contributed by atoms with Crippen LogP contribution in [0.15, 0.2) is 30.3 Å². The van der Waals surface area contributed by atoms with E-state index in [1.54, 1.807) is 0 Å². The van der Waals surface area contributed by atoms with E-state index in [9.17, 15) is 8.78 Å². The molecule has 2 nitrogen and oxygen atoms in total. The molecule has 0 fully saturated rings. The van der Waals surface area contributed by atoms with Gasteiger partial charge in [-0.3, -0.25) is 0 Å². The highest BCUT2D eigenvalue weighted by molar-refractivity contribution is 6.36. The molecule has 0 heterocycles. The molecule has 0 saturated carbocycles. The van der Waals surface area contributed by atoms with Crippen molar-refractivity contribution in [3.05, 3.63) is 57.6 Å². The summed E-state index contributed by atoms with van der Waals surface area (Å²) in [4.78, 5) is 0. The second-order valence-electron chi connectivity index (χ2n) is 3.72. The van der Waals surface area contributed by atoms with E-state index in [2.05, 4.69) is 0 Å². The Morgan fingerprint density at radius 2 is 1.70 bits per heavy atom. The third kappa shape index (κ3) is 3.52. The maximum atomic E-state index is 13.4. The molecule has 0 radical (unpaired) electrons. The predicted octanol–water partition coefficient (Wildman–Crippen LogP) is 4.94. The summed E-state index contributed by atoms with van der Waals surface area (Å²) in [6, 6.07) is 6.53. The smallest absolute Gasteiger partial charge is 0.201 e. The summed E-state index contributed by atoms with van der Waals surface area (Å²) >= 11 is 11.9. The minimum Gasteiger partial charge on any atom is -0.454 e. The van der Waals surface area contributed by atoms with Crippen molar-refractivity contribution in [3.63, 3.8) is 0 Å². The van der Waals surface area contributed by atoms with Gasteiger partial charge in [0.2, 0.25) is 5.82 Å². The zero-order chi connectivity index (χ0) is 14.0. The Labute approximate surface area is 130 Å². The van der Waals surface area contributed by atoms with Gasteiger partial charge in [0.15, 0.2) is 11.6 Å². The number of hydrogen-bond donors (Lipinski definition) is 1. The molecule has 0 aliphatic rings. The molecule has 2 rings (SSSR count). The van der Waals surface area contributed by atoms with Gasteiger partial charge >= 0.3 is 0 Å². The highest BCUT2D eigenvalue weighted by atomic mass is 35.5. The topological polar surface area (TPSA) is 35.2 Å². The quantitative estimate of drug-likeness (QED) is 0.858. The minimum atomic E-state index is -1.07. The fourth-order valence-electron chi connectivity index (χ4n) is 1.52. The van der Waals surface area contributed by atoms with Crippen LogP contribution in [0.25, 0.3) is 0 Å². The first-order chi connectivity index (χ1) is 9.02. The standard InChI is InChI=1S/C13H9Cl2F2NO.ClH/c14-9-4-7(5-10(15)8(9)6-18)19-12-3-1-2-11(16)13(12)17;/h1-5H,6,18H2;1H. The molecule has 0 aliphatic heterocycles. The Kier molecular flexibility index (Phi) is 6.02. The normalized spacial score (nSPS) is 10.1. The van der Waals surface area contributed by atoms with Crippen LogP contribution >= 0.6 is 35.6 Å². The highest BCUT2D eigenvalue weighted by Crippen LogP contribution is 2.33. The van der Waals surface area contributed by atoms with Gasteiger partial charge in [0.05, 0.1) is 10.0 Å². The molecule has 0 amide bonds. The molecule has 0 aliphatic carbocycles. The zero-order valence-electron chi connectivity index (χ0n) is 10.00. The molecule has 2 aromatic rings. The van der Waals surface area contributed by atoms with Crippen LogP contribution in [0.4, 0.5) is 8.78 Å². The van der Waals surface area contributed by atoms with E-state index < -0.39 is 11.6 Å². The van der Waals surface area contributed by atoms with Gasteiger partial charge in [-0.2, -0.15) is 4.39 Å². The molecular weight excluding hydrogens is 331 g/mol. The summed E-state index contributed by atoms with van der Waals surface area (Å²) in [5.41, 5.74) is 6.04. The monoisotopic (exact) mass is 339 g/mol. The van der Waals surface area contributed by atoms with Crippen LogP contribution in [0.5, 0.6) is 11.5 Å². The first-order valence-electron chi connectivity index (χ1n) is 5.32. The largest absolute Gasteiger partial charge is 0.454 e. The molecule has 0 unspecified atom stereocenters. The Balaban J connectivity index is 0.00000200. The number of halogens is 5. The fourth-order valence-corrected chi connectivity index (χ4v) is 2.14. The number of hydrogen-bond acceptors (Lipinski definition) is 2. The van der Waals surface area contributed by atoms with Crippen molar-refractivity contribution in [1.82, 2.24) is 0 Å². The SMILES string of the molecule is Cl.NCc1c(Cl)cc(Oc2cccc(F)c2F)cc1Cl. The van der Waals surface area contributed by atoms with Crippen molar-refractivity contribution in [2.75, 3.05) is 0 Å². The van der Waals surface area contributed by atoms with Crippen LogP contribution in [0.2, 0.25) is 10.0 Å². The molecule has 0 bridgehead atoms. The average Bonchev–Trinajstić information content (AvgIpc) is 2.35. The summed E-state index contributed by atoms with van der Waals surface area (Å²) < 4.78 is 31.7. The third-order valence-corrected chi connectivity index (χ3v) is 3.14. The van der Waals surface area contributed by atoms with Gasteiger partial charge in [0.1, 0.15) is 5.75 Å². The third-order valence-electron chi connectivity index (χ3n) is 2.46. The molecule has 0 aromatic heterocycles. The van der Waals surface area contributed by atoms with E-state index >= 15 is 0 Å². The van der Waals surface area contributed by atoms with E-state index in [1.165, 1.54) is 24.3 Å². The Morgan fingerprint density at radius 3 is 2.25 bits per heavy atom. The first-order valence-corrected chi connectivity index (χ1v) is 6.08. The van der Waals surface area contributed by atoms with Gasteiger partial charge in [-0.15, -0.1) is 12.4 Å². The molecular formula is C13H10Cl3F2NO. The number of benzene rings is 2. The average molecular weight is 341 g/mol. The van der Waals surface area contributed by atoms with E-state index in [0.717, 1.165) is 6.07 Å². The first kappa shape index (κ1) is 17.0. The number of nitrogens with two attached hydrogens (primary N) is 1. The van der Waals surface area contributed by atoms with Gasteiger partial charge in [0, 0.05) is 12.1 Å². The molecule has 0 saturated heterocycles. The maximum Gasteiger partial charge on any atom is 0.201 e. The summed E-state index contributed by atoms with van der Waals surface area (Å²) in [7, 11) is 0. The van der Waals surface area contributed by atoms with Crippen LogP contribution < -0.4 is 10.5 Å². The van der Waals surface area contributed by atoms with Crippen LogP contribution in [-0.4, -0.2) is 0 Å². The molecule has 108 valence electrons. The Morgan fingerprint density at radius 1 is 1.10 bits per heavy atom. The summed E-state index contributed by atoms with van der Waals surface area (Å²) in [6.07, 6.45) is 0. The highest BCUT2D eigenvalue weighted by Gasteiger charge is 2.12. The second-order valence-corrected chi connectivity index (χ2v) is 4.54. The second kappa shape index (κ2) is 7.09. The van der Waals surface area contributed by atoms with Crippen LogP contribution in [0, 0.1) is 11.6 Å². The Hall–Kier alpha value is -1.07. The number of rotatable bonds is 3. The lowest BCUT2D eigenvalue weighted by Crippen LogP contribution is -1.99. The minimum absolute atomic E-state index is 0. The summed E-state index contributed by atoms with van der Waals surface area (Å²) in [5.74, 6) is -2.10. The lowest BCUT2D eigenvalue weighted by Gasteiger charge is -2.10.